The Labute approximate surface area is 134 Å². The quantitative estimate of drug-likeness (QED) is 0.792. The van der Waals surface area contributed by atoms with Crippen LogP contribution in [0.15, 0.2) is 30.6 Å². The van der Waals surface area contributed by atoms with Crippen LogP contribution in [-0.4, -0.2) is 33.6 Å². The number of amides is 1. The molecule has 0 aliphatic rings. The second kappa shape index (κ2) is 6.57. The molecule has 0 saturated carbocycles. The van der Waals surface area contributed by atoms with Gasteiger partial charge in [0.25, 0.3) is 5.91 Å². The maximum atomic E-state index is 13.0. The molecule has 2 aromatic rings. The monoisotopic (exact) mass is 349 g/mol. The van der Waals surface area contributed by atoms with Crippen molar-refractivity contribution in [3.8, 4) is 0 Å². The molecule has 2 rings (SSSR count). The molecule has 0 atom stereocenters. The van der Waals surface area contributed by atoms with E-state index in [1.54, 1.807) is 0 Å². The summed E-state index contributed by atoms with van der Waals surface area (Å²) in [4.78, 5) is 17.2. The van der Waals surface area contributed by atoms with Gasteiger partial charge in [-0.15, -0.1) is 0 Å². The van der Waals surface area contributed by atoms with E-state index in [9.17, 15) is 22.4 Å². The fourth-order valence-corrected chi connectivity index (χ4v) is 2.23. The maximum Gasteiger partial charge on any atom is 0.406 e. The molecule has 0 saturated heterocycles. The van der Waals surface area contributed by atoms with Crippen molar-refractivity contribution >= 4 is 17.5 Å². The van der Waals surface area contributed by atoms with Gasteiger partial charge in [-0.1, -0.05) is 11.6 Å². The van der Waals surface area contributed by atoms with E-state index in [2.05, 4.69) is 4.98 Å². The summed E-state index contributed by atoms with van der Waals surface area (Å²) < 4.78 is 51.3. The first-order valence-electron chi connectivity index (χ1n) is 6.44. The summed E-state index contributed by atoms with van der Waals surface area (Å²) in [6.45, 7) is -1.34. The van der Waals surface area contributed by atoms with Gasteiger partial charge >= 0.3 is 6.18 Å². The van der Waals surface area contributed by atoms with E-state index in [0.29, 0.717) is 0 Å². The van der Waals surface area contributed by atoms with Crippen LogP contribution in [0.5, 0.6) is 0 Å². The zero-order valence-corrected chi connectivity index (χ0v) is 12.7. The SMILES string of the molecule is CN(Cc1nccn1CC(F)(F)F)C(=O)c1ccc(F)cc1Cl. The zero-order chi connectivity index (χ0) is 17.2. The number of hydrogen-bond acceptors (Lipinski definition) is 2. The molecule has 1 amide bonds. The molecule has 0 unspecified atom stereocenters. The number of nitrogens with zero attached hydrogens (tertiary/aromatic N) is 3. The van der Waals surface area contributed by atoms with Crippen molar-refractivity contribution in [2.24, 2.45) is 0 Å². The molecular weight excluding hydrogens is 338 g/mol. The van der Waals surface area contributed by atoms with Crippen LogP contribution in [0.25, 0.3) is 0 Å². The van der Waals surface area contributed by atoms with Crippen molar-refractivity contribution in [3.05, 3.63) is 52.8 Å². The molecule has 1 heterocycles. The van der Waals surface area contributed by atoms with E-state index >= 15 is 0 Å². The number of halogens is 5. The molecule has 0 aliphatic heterocycles. The largest absolute Gasteiger partial charge is 0.406 e. The minimum atomic E-state index is -4.39. The van der Waals surface area contributed by atoms with E-state index in [-0.39, 0.29) is 23.0 Å². The van der Waals surface area contributed by atoms with Crippen molar-refractivity contribution in [3.63, 3.8) is 0 Å². The van der Waals surface area contributed by atoms with Crippen LogP contribution in [0.2, 0.25) is 5.02 Å². The zero-order valence-electron chi connectivity index (χ0n) is 11.9. The van der Waals surface area contributed by atoms with Gasteiger partial charge in [0.1, 0.15) is 18.2 Å². The van der Waals surface area contributed by atoms with Crippen LogP contribution in [-0.2, 0) is 13.1 Å². The highest BCUT2D eigenvalue weighted by Crippen LogP contribution is 2.21. The maximum absolute atomic E-state index is 13.0. The number of alkyl halides is 3. The van der Waals surface area contributed by atoms with Gasteiger partial charge in [-0.05, 0) is 18.2 Å². The summed E-state index contributed by atoms with van der Waals surface area (Å²) in [5.41, 5.74) is 0.0597. The Morgan fingerprint density at radius 1 is 1.39 bits per heavy atom. The third-order valence-electron chi connectivity index (χ3n) is 3.04. The van der Waals surface area contributed by atoms with Crippen LogP contribution >= 0.6 is 11.6 Å². The molecule has 0 aliphatic carbocycles. The van der Waals surface area contributed by atoms with Gasteiger partial charge in [-0.2, -0.15) is 13.2 Å². The topological polar surface area (TPSA) is 38.1 Å². The van der Waals surface area contributed by atoms with Gasteiger partial charge in [0, 0.05) is 19.4 Å². The van der Waals surface area contributed by atoms with Crippen molar-refractivity contribution in [1.29, 1.82) is 0 Å². The van der Waals surface area contributed by atoms with Crippen molar-refractivity contribution in [2.75, 3.05) is 7.05 Å². The number of benzene rings is 1. The standard InChI is InChI=1S/C14H12ClF4N3O/c1-21(13(23)10-3-2-9(16)6-11(10)15)7-12-20-4-5-22(12)8-14(17,18)19/h2-6H,7-8H2,1H3. The third kappa shape index (κ3) is 4.44. The number of carbonyl (C=O) groups is 1. The molecule has 0 radical (unpaired) electrons. The second-order valence-electron chi connectivity index (χ2n) is 4.87. The lowest BCUT2D eigenvalue weighted by atomic mass is 10.2. The predicted octanol–water partition coefficient (Wildman–Crippen LogP) is 3.51. The lowest BCUT2D eigenvalue weighted by molar-refractivity contribution is -0.141. The smallest absolute Gasteiger partial charge is 0.334 e. The minimum absolute atomic E-state index is 0.0597. The average Bonchev–Trinajstić information content (AvgIpc) is 2.83. The van der Waals surface area contributed by atoms with E-state index in [1.807, 2.05) is 0 Å². The number of carbonyl (C=O) groups excluding carboxylic acids is 1. The first-order chi connectivity index (χ1) is 10.7. The van der Waals surface area contributed by atoms with Crippen LogP contribution in [0.1, 0.15) is 16.2 Å². The molecule has 23 heavy (non-hydrogen) atoms. The number of hydrogen-bond donors (Lipinski definition) is 0. The van der Waals surface area contributed by atoms with Gasteiger partial charge < -0.3 is 9.47 Å². The lowest BCUT2D eigenvalue weighted by Gasteiger charge is -2.19. The van der Waals surface area contributed by atoms with E-state index < -0.39 is 24.4 Å². The fourth-order valence-electron chi connectivity index (χ4n) is 1.98. The van der Waals surface area contributed by atoms with Gasteiger partial charge in [-0.3, -0.25) is 4.79 Å². The Morgan fingerprint density at radius 3 is 2.70 bits per heavy atom. The van der Waals surface area contributed by atoms with Crippen molar-refractivity contribution in [2.45, 2.75) is 19.3 Å². The molecule has 124 valence electrons. The normalized spacial score (nSPS) is 11.6. The lowest BCUT2D eigenvalue weighted by Crippen LogP contribution is -2.29. The van der Waals surface area contributed by atoms with Gasteiger partial charge in [0.15, 0.2) is 0 Å². The van der Waals surface area contributed by atoms with Crippen LogP contribution in [0, 0.1) is 5.82 Å². The van der Waals surface area contributed by atoms with Crippen LogP contribution < -0.4 is 0 Å². The minimum Gasteiger partial charge on any atom is -0.334 e. The molecular formula is C14H12ClF4N3O. The Kier molecular flexibility index (Phi) is 4.93. The third-order valence-corrected chi connectivity index (χ3v) is 3.35. The first kappa shape index (κ1) is 17.3. The van der Waals surface area contributed by atoms with Crippen LogP contribution in [0.4, 0.5) is 17.6 Å². The summed E-state index contributed by atoms with van der Waals surface area (Å²) in [7, 11) is 1.40. The van der Waals surface area contributed by atoms with E-state index in [4.69, 9.17) is 11.6 Å². The van der Waals surface area contributed by atoms with Gasteiger partial charge in [0.2, 0.25) is 0 Å². The summed E-state index contributed by atoms with van der Waals surface area (Å²) in [6.07, 6.45) is -1.98. The number of imidazole rings is 1. The Balaban J connectivity index is 2.14. The highest BCUT2D eigenvalue weighted by atomic mass is 35.5. The molecule has 9 heteroatoms. The summed E-state index contributed by atoms with van der Waals surface area (Å²) in [5.74, 6) is -1.05. The Hall–Kier alpha value is -2.09. The highest BCUT2D eigenvalue weighted by molar-refractivity contribution is 6.33. The summed E-state index contributed by atoms with van der Waals surface area (Å²) in [5, 5.41) is -0.0690. The molecule has 1 aromatic heterocycles. The predicted molar refractivity (Wildman–Crippen MR) is 75.5 cm³/mol. The Bertz CT molecular complexity index is 714. The van der Waals surface area contributed by atoms with E-state index in [1.165, 1.54) is 25.5 Å². The summed E-state index contributed by atoms with van der Waals surface area (Å²) >= 11 is 5.81. The first-order valence-corrected chi connectivity index (χ1v) is 6.82. The molecule has 0 spiro atoms. The summed E-state index contributed by atoms with van der Waals surface area (Å²) in [6, 6.07) is 3.30. The molecule has 0 fully saturated rings. The molecule has 0 N–H and O–H groups in total. The van der Waals surface area contributed by atoms with Crippen molar-refractivity contribution < 1.29 is 22.4 Å². The van der Waals surface area contributed by atoms with E-state index in [0.717, 1.165) is 21.6 Å². The molecule has 4 nitrogen and oxygen atoms in total. The average molecular weight is 350 g/mol. The van der Waals surface area contributed by atoms with Gasteiger partial charge in [0.05, 0.1) is 17.1 Å². The molecule has 1 aromatic carbocycles. The second-order valence-corrected chi connectivity index (χ2v) is 5.28. The number of rotatable bonds is 4. The highest BCUT2D eigenvalue weighted by Gasteiger charge is 2.29. The van der Waals surface area contributed by atoms with Gasteiger partial charge in [-0.25, -0.2) is 9.37 Å². The van der Waals surface area contributed by atoms with Crippen molar-refractivity contribution in [1.82, 2.24) is 14.5 Å². The molecule has 0 bridgehead atoms. The van der Waals surface area contributed by atoms with Crippen LogP contribution in [0.3, 0.4) is 0 Å². The Morgan fingerprint density at radius 2 is 2.09 bits per heavy atom. The fraction of sp³-hybridized carbons (Fsp3) is 0.286. The number of aromatic nitrogens is 2.